The number of anilines is 1. The van der Waals surface area contributed by atoms with E-state index in [0.29, 0.717) is 21.8 Å². The molecule has 2 aromatic carbocycles. The van der Waals surface area contributed by atoms with E-state index < -0.39 is 0 Å². The number of nitrogens with two attached hydrogens (primary N) is 1. The van der Waals surface area contributed by atoms with E-state index in [1.807, 2.05) is 13.0 Å². The molecule has 0 aliphatic rings. The first-order valence-electron chi connectivity index (χ1n) is 5.95. The molecular weight excluding hydrogens is 292 g/mol. The Hall–Kier alpha value is -1.91. The Morgan fingerprint density at radius 3 is 2.55 bits per heavy atom. The Labute approximate surface area is 127 Å². The molecule has 0 atom stereocenters. The molecule has 0 aliphatic heterocycles. The number of thiocarbonyl (C=S) groups is 1. The second-order valence-electron chi connectivity index (χ2n) is 4.38. The highest BCUT2D eigenvalue weighted by molar-refractivity contribution is 7.80. The van der Waals surface area contributed by atoms with Gasteiger partial charge in [-0.1, -0.05) is 42.0 Å². The predicted molar refractivity (Wildman–Crippen MR) is 86.5 cm³/mol. The molecule has 0 radical (unpaired) electrons. The second kappa shape index (κ2) is 6.03. The van der Waals surface area contributed by atoms with E-state index >= 15 is 0 Å². The first-order valence-corrected chi connectivity index (χ1v) is 6.73. The molecule has 5 heteroatoms. The van der Waals surface area contributed by atoms with Gasteiger partial charge in [-0.3, -0.25) is 4.79 Å². The van der Waals surface area contributed by atoms with Gasteiger partial charge < -0.3 is 11.1 Å². The van der Waals surface area contributed by atoms with Crippen molar-refractivity contribution in [3.05, 3.63) is 64.2 Å². The lowest BCUT2D eigenvalue weighted by Gasteiger charge is -2.08. The second-order valence-corrected chi connectivity index (χ2v) is 5.23. The smallest absolute Gasteiger partial charge is 0.255 e. The minimum absolute atomic E-state index is 0.256. The largest absolute Gasteiger partial charge is 0.389 e. The molecule has 20 heavy (non-hydrogen) atoms. The van der Waals surface area contributed by atoms with Gasteiger partial charge in [0.05, 0.1) is 10.7 Å². The molecule has 1 amide bonds. The normalized spacial score (nSPS) is 10.1. The average Bonchev–Trinajstić information content (AvgIpc) is 2.42. The molecule has 0 unspecified atom stereocenters. The van der Waals surface area contributed by atoms with Crippen LogP contribution in [0.25, 0.3) is 0 Å². The van der Waals surface area contributed by atoms with Crippen molar-refractivity contribution < 1.29 is 4.79 Å². The molecule has 0 spiro atoms. The van der Waals surface area contributed by atoms with Crippen LogP contribution in [0.2, 0.25) is 5.02 Å². The van der Waals surface area contributed by atoms with Crippen LogP contribution in [0.15, 0.2) is 42.5 Å². The molecule has 2 rings (SSSR count). The molecule has 0 aromatic heterocycles. The Balaban J connectivity index is 2.24. The molecule has 0 saturated heterocycles. The van der Waals surface area contributed by atoms with E-state index in [1.165, 1.54) is 0 Å². The Morgan fingerprint density at radius 2 is 1.90 bits per heavy atom. The lowest BCUT2D eigenvalue weighted by molar-refractivity contribution is 0.102. The van der Waals surface area contributed by atoms with Crippen molar-refractivity contribution in [2.24, 2.45) is 5.73 Å². The van der Waals surface area contributed by atoms with Crippen LogP contribution in [0.4, 0.5) is 5.69 Å². The maximum atomic E-state index is 12.2. The molecule has 3 N–H and O–H groups in total. The summed E-state index contributed by atoms with van der Waals surface area (Å²) in [5.74, 6) is -0.256. The maximum absolute atomic E-state index is 12.2. The molecule has 0 aliphatic carbocycles. The van der Waals surface area contributed by atoms with Crippen LogP contribution in [-0.4, -0.2) is 10.9 Å². The fourth-order valence-corrected chi connectivity index (χ4v) is 2.14. The van der Waals surface area contributed by atoms with E-state index in [-0.39, 0.29) is 10.9 Å². The standard InChI is InChI=1S/C15H13ClN2OS/c1-9-5-6-13(12(16)7-9)18-15(19)11-4-2-3-10(8-11)14(17)20/h2-8H,1H3,(H2,17,20)(H,18,19). The van der Waals surface area contributed by atoms with Gasteiger partial charge in [0.2, 0.25) is 0 Å². The summed E-state index contributed by atoms with van der Waals surface area (Å²) < 4.78 is 0. The van der Waals surface area contributed by atoms with Gasteiger partial charge in [0, 0.05) is 11.1 Å². The molecule has 102 valence electrons. The number of nitrogens with one attached hydrogen (secondary N) is 1. The maximum Gasteiger partial charge on any atom is 0.255 e. The monoisotopic (exact) mass is 304 g/mol. The average molecular weight is 305 g/mol. The molecule has 0 heterocycles. The van der Waals surface area contributed by atoms with Gasteiger partial charge in [-0.15, -0.1) is 0 Å². The summed E-state index contributed by atoms with van der Waals surface area (Å²) in [6.45, 7) is 1.93. The summed E-state index contributed by atoms with van der Waals surface area (Å²) in [6.07, 6.45) is 0. The topological polar surface area (TPSA) is 55.1 Å². The number of hydrogen-bond acceptors (Lipinski definition) is 2. The van der Waals surface area contributed by atoms with Crippen LogP contribution in [0.5, 0.6) is 0 Å². The lowest BCUT2D eigenvalue weighted by atomic mass is 10.1. The van der Waals surface area contributed by atoms with Crippen molar-refractivity contribution in [3.8, 4) is 0 Å². The summed E-state index contributed by atoms with van der Waals surface area (Å²) in [7, 11) is 0. The summed E-state index contributed by atoms with van der Waals surface area (Å²) in [4.78, 5) is 12.4. The molecule has 0 bridgehead atoms. The third-order valence-corrected chi connectivity index (χ3v) is 3.33. The number of amides is 1. The fourth-order valence-electron chi connectivity index (χ4n) is 1.73. The molecule has 3 nitrogen and oxygen atoms in total. The van der Waals surface area contributed by atoms with Crippen molar-refractivity contribution in [2.75, 3.05) is 5.32 Å². The van der Waals surface area contributed by atoms with Crippen molar-refractivity contribution in [2.45, 2.75) is 6.92 Å². The first kappa shape index (κ1) is 14.5. The van der Waals surface area contributed by atoms with Gasteiger partial charge in [0.15, 0.2) is 0 Å². The van der Waals surface area contributed by atoms with Crippen LogP contribution in [0.3, 0.4) is 0 Å². The van der Waals surface area contributed by atoms with Crippen LogP contribution in [-0.2, 0) is 0 Å². The van der Waals surface area contributed by atoms with Gasteiger partial charge in [0.1, 0.15) is 4.99 Å². The zero-order valence-corrected chi connectivity index (χ0v) is 12.4. The summed E-state index contributed by atoms with van der Waals surface area (Å²) in [5, 5.41) is 3.27. The van der Waals surface area contributed by atoms with Gasteiger partial charge >= 0.3 is 0 Å². The highest BCUT2D eigenvalue weighted by Crippen LogP contribution is 2.23. The van der Waals surface area contributed by atoms with Crippen molar-refractivity contribution in [1.82, 2.24) is 0 Å². The van der Waals surface area contributed by atoms with Crippen molar-refractivity contribution in [3.63, 3.8) is 0 Å². The SMILES string of the molecule is Cc1ccc(NC(=O)c2cccc(C(N)=S)c2)c(Cl)c1. The van der Waals surface area contributed by atoms with Crippen LogP contribution < -0.4 is 11.1 Å². The van der Waals surface area contributed by atoms with E-state index in [0.717, 1.165) is 5.56 Å². The third-order valence-electron chi connectivity index (χ3n) is 2.78. The minimum Gasteiger partial charge on any atom is -0.389 e. The number of rotatable bonds is 3. The quantitative estimate of drug-likeness (QED) is 0.853. The molecule has 0 fully saturated rings. The zero-order chi connectivity index (χ0) is 14.7. The third kappa shape index (κ3) is 3.35. The van der Waals surface area contributed by atoms with E-state index in [9.17, 15) is 4.79 Å². The van der Waals surface area contributed by atoms with Crippen LogP contribution in [0, 0.1) is 6.92 Å². The lowest BCUT2D eigenvalue weighted by Crippen LogP contribution is -2.15. The highest BCUT2D eigenvalue weighted by Gasteiger charge is 2.09. The predicted octanol–water partition coefficient (Wildman–Crippen LogP) is 3.53. The van der Waals surface area contributed by atoms with Crippen LogP contribution >= 0.6 is 23.8 Å². The van der Waals surface area contributed by atoms with Gasteiger partial charge in [0.25, 0.3) is 5.91 Å². The summed E-state index contributed by atoms with van der Waals surface area (Å²) >= 11 is 11.0. The van der Waals surface area contributed by atoms with E-state index in [4.69, 9.17) is 29.6 Å². The number of halogens is 1. The van der Waals surface area contributed by atoms with Crippen molar-refractivity contribution in [1.29, 1.82) is 0 Å². The van der Waals surface area contributed by atoms with Gasteiger partial charge in [-0.25, -0.2) is 0 Å². The minimum atomic E-state index is -0.256. The fraction of sp³-hybridized carbons (Fsp3) is 0.0667. The van der Waals surface area contributed by atoms with E-state index in [1.54, 1.807) is 36.4 Å². The van der Waals surface area contributed by atoms with Gasteiger partial charge in [-0.2, -0.15) is 0 Å². The summed E-state index contributed by atoms with van der Waals surface area (Å²) in [5.41, 5.74) is 8.29. The van der Waals surface area contributed by atoms with Crippen LogP contribution in [0.1, 0.15) is 21.5 Å². The summed E-state index contributed by atoms with van der Waals surface area (Å²) in [6, 6.07) is 12.3. The van der Waals surface area contributed by atoms with E-state index in [2.05, 4.69) is 5.32 Å². The highest BCUT2D eigenvalue weighted by atomic mass is 35.5. The Kier molecular flexibility index (Phi) is 4.37. The number of aryl methyl sites for hydroxylation is 1. The van der Waals surface area contributed by atoms with Gasteiger partial charge in [-0.05, 0) is 36.8 Å². The molecular formula is C15H13ClN2OS. The Morgan fingerprint density at radius 1 is 1.20 bits per heavy atom. The Bertz CT molecular complexity index is 685. The number of carbonyl (C=O) groups excluding carboxylic acids is 1. The zero-order valence-electron chi connectivity index (χ0n) is 10.8. The number of carbonyl (C=O) groups is 1. The first-order chi connectivity index (χ1) is 9.47. The molecule has 0 saturated carbocycles. The van der Waals surface area contributed by atoms with Crippen molar-refractivity contribution >= 4 is 40.4 Å². The number of hydrogen-bond donors (Lipinski definition) is 2. The number of benzene rings is 2. The molecule has 2 aromatic rings.